The lowest BCUT2D eigenvalue weighted by atomic mass is 10.0. The molecule has 0 aliphatic heterocycles. The predicted octanol–water partition coefficient (Wildman–Crippen LogP) is 4.93. The van der Waals surface area contributed by atoms with Crippen molar-refractivity contribution in [2.24, 2.45) is 0 Å². The number of benzene rings is 2. The summed E-state index contributed by atoms with van der Waals surface area (Å²) in [7, 11) is -2.16. The summed E-state index contributed by atoms with van der Waals surface area (Å²) in [5, 5.41) is 3.28. The molecule has 2 aromatic carbocycles. The van der Waals surface area contributed by atoms with Gasteiger partial charge in [-0.1, -0.05) is 42.8 Å². The van der Waals surface area contributed by atoms with Crippen molar-refractivity contribution in [3.05, 3.63) is 58.6 Å². The second kappa shape index (κ2) is 13.3. The van der Waals surface area contributed by atoms with Crippen LogP contribution >= 0.6 is 11.6 Å². The van der Waals surface area contributed by atoms with E-state index in [-0.39, 0.29) is 42.8 Å². The number of hydrogen-bond acceptors (Lipinski definition) is 5. The highest BCUT2D eigenvalue weighted by molar-refractivity contribution is 7.92. The van der Waals surface area contributed by atoms with Gasteiger partial charge in [-0.2, -0.15) is 0 Å². The zero-order valence-corrected chi connectivity index (χ0v) is 24.9. The summed E-state index contributed by atoms with van der Waals surface area (Å²) in [6.07, 6.45) is 1.89. The van der Waals surface area contributed by atoms with E-state index in [1.54, 1.807) is 17.0 Å². The first-order chi connectivity index (χ1) is 17.7. The molecule has 0 aliphatic carbocycles. The average molecular weight is 566 g/mol. The van der Waals surface area contributed by atoms with Gasteiger partial charge in [-0.05, 0) is 69.9 Å². The van der Waals surface area contributed by atoms with Gasteiger partial charge in [0.15, 0.2) is 0 Å². The molecule has 0 fully saturated rings. The van der Waals surface area contributed by atoms with Crippen LogP contribution in [-0.4, -0.2) is 56.6 Å². The first kappa shape index (κ1) is 31.4. The minimum absolute atomic E-state index is 0.0705. The van der Waals surface area contributed by atoms with Crippen molar-refractivity contribution in [3.8, 4) is 5.75 Å². The van der Waals surface area contributed by atoms with Crippen LogP contribution in [0.25, 0.3) is 0 Å². The Morgan fingerprint density at radius 1 is 1.13 bits per heavy atom. The SMILES string of the molecule is CCC(C(=O)NC(C)(C)C)N(Cc1ccccc1C)C(=O)CCCN(c1ccc(OC)c(Cl)c1)S(C)(=O)=O. The molecule has 2 amide bonds. The molecule has 0 radical (unpaired) electrons. The van der Waals surface area contributed by atoms with E-state index >= 15 is 0 Å². The molecule has 2 aromatic rings. The van der Waals surface area contributed by atoms with Crippen molar-refractivity contribution < 1.29 is 22.7 Å². The van der Waals surface area contributed by atoms with Gasteiger partial charge in [0.1, 0.15) is 11.8 Å². The molecule has 10 heteroatoms. The number of carbonyl (C=O) groups excluding carboxylic acids is 2. The largest absolute Gasteiger partial charge is 0.495 e. The van der Waals surface area contributed by atoms with Gasteiger partial charge in [-0.3, -0.25) is 13.9 Å². The number of sulfonamides is 1. The van der Waals surface area contributed by atoms with Gasteiger partial charge < -0.3 is 15.0 Å². The molecule has 0 aromatic heterocycles. The quantitative estimate of drug-likeness (QED) is 0.394. The van der Waals surface area contributed by atoms with E-state index in [1.165, 1.54) is 17.5 Å². The maximum atomic E-state index is 13.6. The van der Waals surface area contributed by atoms with E-state index < -0.39 is 21.6 Å². The van der Waals surface area contributed by atoms with Crippen molar-refractivity contribution >= 4 is 39.1 Å². The van der Waals surface area contributed by atoms with E-state index in [4.69, 9.17) is 16.3 Å². The number of ether oxygens (including phenoxy) is 1. The minimum Gasteiger partial charge on any atom is -0.495 e. The standard InChI is InChI=1S/C28H40ClN3O5S/c1-8-24(27(34)30-28(3,4)5)31(19-21-13-10-9-12-20(21)2)26(33)14-11-17-32(38(7,35)36)22-15-16-25(37-6)23(29)18-22/h9-10,12-13,15-16,18,24H,8,11,14,17,19H2,1-7H3,(H,30,34). The van der Waals surface area contributed by atoms with Crippen LogP contribution in [0, 0.1) is 6.92 Å². The van der Waals surface area contributed by atoms with Crippen molar-refractivity contribution in [1.82, 2.24) is 10.2 Å². The fourth-order valence-electron chi connectivity index (χ4n) is 4.16. The van der Waals surface area contributed by atoms with Crippen LogP contribution < -0.4 is 14.4 Å². The average Bonchev–Trinajstić information content (AvgIpc) is 2.80. The molecule has 0 bridgehead atoms. The Kier molecular flexibility index (Phi) is 11.0. The Labute approximate surface area is 232 Å². The summed E-state index contributed by atoms with van der Waals surface area (Å²) in [6, 6.07) is 11.8. The van der Waals surface area contributed by atoms with Crippen LogP contribution in [0.3, 0.4) is 0 Å². The number of hydrogen-bond donors (Lipinski definition) is 1. The molecular formula is C28H40ClN3O5S. The van der Waals surface area contributed by atoms with Gasteiger partial charge in [0.2, 0.25) is 21.8 Å². The summed E-state index contributed by atoms with van der Waals surface area (Å²) in [6.45, 7) is 9.91. The highest BCUT2D eigenvalue weighted by atomic mass is 35.5. The maximum Gasteiger partial charge on any atom is 0.243 e. The number of carbonyl (C=O) groups is 2. The summed E-state index contributed by atoms with van der Waals surface area (Å²) in [5.74, 6) is 0.00276. The summed E-state index contributed by atoms with van der Waals surface area (Å²) in [4.78, 5) is 28.4. The first-order valence-electron chi connectivity index (χ1n) is 12.6. The van der Waals surface area contributed by atoms with E-state index in [0.29, 0.717) is 17.9 Å². The van der Waals surface area contributed by atoms with E-state index in [1.807, 2.05) is 58.9 Å². The molecule has 0 spiro atoms. The third kappa shape index (κ3) is 8.91. The van der Waals surface area contributed by atoms with E-state index in [0.717, 1.165) is 17.4 Å². The Hall–Kier alpha value is -2.78. The third-order valence-corrected chi connectivity index (χ3v) is 7.55. The molecule has 0 saturated heterocycles. The molecular weight excluding hydrogens is 526 g/mol. The lowest BCUT2D eigenvalue weighted by Crippen LogP contribution is -2.53. The Bertz CT molecular complexity index is 1230. The molecule has 210 valence electrons. The smallest absolute Gasteiger partial charge is 0.243 e. The number of amides is 2. The van der Waals surface area contributed by atoms with Gasteiger partial charge in [0, 0.05) is 25.0 Å². The molecule has 38 heavy (non-hydrogen) atoms. The number of nitrogens with one attached hydrogen (secondary N) is 1. The highest BCUT2D eigenvalue weighted by Crippen LogP contribution is 2.30. The number of rotatable bonds is 12. The number of anilines is 1. The van der Waals surface area contributed by atoms with Crippen LogP contribution in [-0.2, 0) is 26.2 Å². The monoisotopic (exact) mass is 565 g/mol. The molecule has 1 unspecified atom stereocenters. The molecule has 8 nitrogen and oxygen atoms in total. The van der Waals surface area contributed by atoms with Crippen LogP contribution in [0.15, 0.2) is 42.5 Å². The van der Waals surface area contributed by atoms with Gasteiger partial charge >= 0.3 is 0 Å². The summed E-state index contributed by atoms with van der Waals surface area (Å²) < 4.78 is 31.5. The maximum absolute atomic E-state index is 13.6. The van der Waals surface area contributed by atoms with Crippen LogP contribution in [0.1, 0.15) is 58.1 Å². The molecule has 1 atom stereocenters. The van der Waals surface area contributed by atoms with Crippen LogP contribution in [0.2, 0.25) is 5.02 Å². The molecule has 1 N–H and O–H groups in total. The van der Waals surface area contributed by atoms with Gasteiger partial charge in [0.05, 0.1) is 24.1 Å². The summed E-state index contributed by atoms with van der Waals surface area (Å²) in [5.41, 5.74) is 1.92. The number of aryl methyl sites for hydroxylation is 1. The third-order valence-electron chi connectivity index (χ3n) is 6.06. The first-order valence-corrected chi connectivity index (χ1v) is 14.9. The van der Waals surface area contributed by atoms with Gasteiger partial charge in [-0.15, -0.1) is 0 Å². The second-order valence-electron chi connectivity index (χ2n) is 10.4. The van der Waals surface area contributed by atoms with Gasteiger partial charge in [-0.25, -0.2) is 8.42 Å². The van der Waals surface area contributed by atoms with Crippen molar-refractivity contribution in [2.45, 2.75) is 72.0 Å². The molecule has 0 aliphatic rings. The zero-order chi connectivity index (χ0) is 28.7. The lowest BCUT2D eigenvalue weighted by molar-refractivity contribution is -0.142. The Balaban J connectivity index is 2.27. The van der Waals surface area contributed by atoms with Crippen molar-refractivity contribution in [3.63, 3.8) is 0 Å². The number of halogens is 1. The molecule has 2 rings (SSSR count). The van der Waals surface area contributed by atoms with Gasteiger partial charge in [0.25, 0.3) is 0 Å². The Morgan fingerprint density at radius 2 is 1.79 bits per heavy atom. The number of nitrogens with zero attached hydrogens (tertiary/aromatic N) is 2. The summed E-state index contributed by atoms with van der Waals surface area (Å²) >= 11 is 6.22. The normalized spacial score (nSPS) is 12.5. The number of methoxy groups -OCH3 is 1. The van der Waals surface area contributed by atoms with E-state index in [2.05, 4.69) is 5.32 Å². The molecule has 0 saturated carbocycles. The lowest BCUT2D eigenvalue weighted by Gasteiger charge is -2.33. The fourth-order valence-corrected chi connectivity index (χ4v) is 5.37. The topological polar surface area (TPSA) is 96.0 Å². The van der Waals surface area contributed by atoms with Crippen molar-refractivity contribution in [1.29, 1.82) is 0 Å². The second-order valence-corrected chi connectivity index (χ2v) is 12.7. The van der Waals surface area contributed by atoms with Crippen LogP contribution in [0.4, 0.5) is 5.69 Å². The zero-order valence-electron chi connectivity index (χ0n) is 23.4. The molecule has 0 heterocycles. The predicted molar refractivity (Wildman–Crippen MR) is 153 cm³/mol. The van der Waals surface area contributed by atoms with Crippen LogP contribution in [0.5, 0.6) is 5.75 Å². The highest BCUT2D eigenvalue weighted by Gasteiger charge is 2.31. The van der Waals surface area contributed by atoms with E-state index in [9.17, 15) is 18.0 Å². The Morgan fingerprint density at radius 3 is 2.32 bits per heavy atom. The fraction of sp³-hybridized carbons (Fsp3) is 0.500. The van der Waals surface area contributed by atoms with Crippen molar-refractivity contribution in [2.75, 3.05) is 24.2 Å². The minimum atomic E-state index is -3.64.